The zero-order valence-corrected chi connectivity index (χ0v) is 13.0. The lowest BCUT2D eigenvalue weighted by molar-refractivity contribution is -0.0860. The number of hydrogen-bond donors (Lipinski definition) is 2. The molecule has 0 aromatic heterocycles. The van der Waals surface area contributed by atoms with Crippen molar-refractivity contribution >= 4 is 11.8 Å². The Labute approximate surface area is 121 Å². The van der Waals surface area contributed by atoms with Crippen molar-refractivity contribution < 1.29 is 9.47 Å². The Balaban J connectivity index is 1.87. The van der Waals surface area contributed by atoms with Crippen molar-refractivity contribution in [3.63, 3.8) is 0 Å². The van der Waals surface area contributed by atoms with Crippen LogP contribution in [0.2, 0.25) is 0 Å². The Morgan fingerprint density at radius 1 is 1.53 bits per heavy atom. The van der Waals surface area contributed by atoms with E-state index in [4.69, 9.17) is 15.3 Å². The van der Waals surface area contributed by atoms with Gasteiger partial charge in [-0.25, -0.2) is 0 Å². The van der Waals surface area contributed by atoms with E-state index < -0.39 is 0 Å². The quantitative estimate of drug-likeness (QED) is 0.578. The van der Waals surface area contributed by atoms with Gasteiger partial charge in [0.05, 0.1) is 11.7 Å². The number of rotatable bonds is 6. The summed E-state index contributed by atoms with van der Waals surface area (Å²) in [5.41, 5.74) is 3.19. The number of hydrazine groups is 1. The fourth-order valence-electron chi connectivity index (χ4n) is 3.26. The second-order valence-corrected chi connectivity index (χ2v) is 7.09. The molecular formula is C14H28N2O2S. The molecule has 2 rings (SSSR count). The Kier molecular flexibility index (Phi) is 5.96. The van der Waals surface area contributed by atoms with Crippen LogP contribution < -0.4 is 11.3 Å². The van der Waals surface area contributed by atoms with E-state index in [2.05, 4.69) is 12.3 Å². The minimum absolute atomic E-state index is 0.148. The van der Waals surface area contributed by atoms with Crippen molar-refractivity contribution in [3.8, 4) is 0 Å². The second kappa shape index (κ2) is 7.27. The lowest BCUT2D eigenvalue weighted by Gasteiger charge is -2.41. The maximum Gasteiger partial charge on any atom is 0.0783 e. The summed E-state index contributed by atoms with van der Waals surface area (Å²) in [5, 5.41) is 0. The summed E-state index contributed by atoms with van der Waals surface area (Å²) in [4.78, 5) is 0. The average molecular weight is 288 g/mol. The highest BCUT2D eigenvalue weighted by atomic mass is 32.2. The number of hydrogen-bond acceptors (Lipinski definition) is 5. The molecule has 5 heteroatoms. The molecule has 0 aliphatic carbocycles. The average Bonchev–Trinajstić information content (AvgIpc) is 2.87. The van der Waals surface area contributed by atoms with E-state index in [1.165, 1.54) is 12.2 Å². The molecule has 19 heavy (non-hydrogen) atoms. The number of methoxy groups -OCH3 is 1. The molecule has 2 heterocycles. The zero-order chi connectivity index (χ0) is 13.7. The molecule has 3 N–H and O–H groups in total. The number of thioether (sulfide) groups is 1. The summed E-state index contributed by atoms with van der Waals surface area (Å²) < 4.78 is 11.4. The van der Waals surface area contributed by atoms with Crippen LogP contribution >= 0.6 is 11.8 Å². The van der Waals surface area contributed by atoms with E-state index in [1.54, 1.807) is 7.11 Å². The molecule has 0 saturated carbocycles. The Bertz CT molecular complexity index is 272. The summed E-state index contributed by atoms with van der Waals surface area (Å²) in [6.07, 6.45) is 5.95. The molecule has 2 aliphatic heterocycles. The minimum Gasteiger partial charge on any atom is -0.382 e. The first-order valence-corrected chi connectivity index (χ1v) is 8.55. The Morgan fingerprint density at radius 3 is 3.00 bits per heavy atom. The van der Waals surface area contributed by atoms with Crippen LogP contribution in [0.4, 0.5) is 0 Å². The van der Waals surface area contributed by atoms with Gasteiger partial charge in [-0.1, -0.05) is 0 Å². The molecule has 0 bridgehead atoms. The van der Waals surface area contributed by atoms with E-state index in [-0.39, 0.29) is 5.60 Å². The molecule has 0 radical (unpaired) electrons. The molecule has 2 fully saturated rings. The van der Waals surface area contributed by atoms with E-state index >= 15 is 0 Å². The lowest BCUT2D eigenvalue weighted by atomic mass is 9.80. The molecule has 0 amide bonds. The smallest absolute Gasteiger partial charge is 0.0783 e. The van der Waals surface area contributed by atoms with E-state index in [0.29, 0.717) is 18.1 Å². The predicted octanol–water partition coefficient (Wildman–Crippen LogP) is 1.94. The van der Waals surface area contributed by atoms with Crippen molar-refractivity contribution in [2.24, 2.45) is 11.8 Å². The molecule has 4 atom stereocenters. The largest absolute Gasteiger partial charge is 0.382 e. The van der Waals surface area contributed by atoms with Crippen molar-refractivity contribution in [1.29, 1.82) is 0 Å². The van der Waals surface area contributed by atoms with Gasteiger partial charge < -0.3 is 9.47 Å². The maximum absolute atomic E-state index is 6.08. The molecular weight excluding hydrogens is 260 g/mol. The van der Waals surface area contributed by atoms with Crippen LogP contribution in [0, 0.1) is 5.92 Å². The topological polar surface area (TPSA) is 56.5 Å². The van der Waals surface area contributed by atoms with Crippen LogP contribution in [0.1, 0.15) is 39.0 Å². The van der Waals surface area contributed by atoms with E-state index in [1.807, 2.05) is 11.8 Å². The monoisotopic (exact) mass is 288 g/mol. The van der Waals surface area contributed by atoms with Crippen LogP contribution in [0.15, 0.2) is 0 Å². The third kappa shape index (κ3) is 4.08. The summed E-state index contributed by atoms with van der Waals surface area (Å²) in [5.74, 6) is 8.83. The van der Waals surface area contributed by atoms with Crippen LogP contribution in [0.3, 0.4) is 0 Å². The van der Waals surface area contributed by atoms with Gasteiger partial charge in [0.2, 0.25) is 0 Å². The predicted molar refractivity (Wildman–Crippen MR) is 80.2 cm³/mol. The highest BCUT2D eigenvalue weighted by Crippen LogP contribution is 2.41. The number of nitrogens with one attached hydrogen (secondary N) is 1. The Morgan fingerprint density at radius 2 is 2.37 bits per heavy atom. The summed E-state index contributed by atoms with van der Waals surface area (Å²) in [6, 6.07) is 0.393. The van der Waals surface area contributed by atoms with Gasteiger partial charge in [0.25, 0.3) is 0 Å². The molecule has 0 aromatic carbocycles. The number of nitrogens with two attached hydrogens (primary N) is 1. The van der Waals surface area contributed by atoms with Gasteiger partial charge in [0.1, 0.15) is 0 Å². The molecule has 2 saturated heterocycles. The molecule has 0 aromatic rings. The van der Waals surface area contributed by atoms with Crippen molar-refractivity contribution in [2.45, 2.75) is 56.8 Å². The van der Waals surface area contributed by atoms with Crippen molar-refractivity contribution in [3.05, 3.63) is 0 Å². The Hall–Kier alpha value is 0.190. The third-order valence-corrected chi connectivity index (χ3v) is 5.89. The van der Waals surface area contributed by atoms with E-state index in [9.17, 15) is 0 Å². The molecule has 112 valence electrons. The minimum atomic E-state index is 0.148. The van der Waals surface area contributed by atoms with Crippen LogP contribution in [0.25, 0.3) is 0 Å². The van der Waals surface area contributed by atoms with Gasteiger partial charge in [0.15, 0.2) is 0 Å². The van der Waals surface area contributed by atoms with Crippen molar-refractivity contribution in [2.75, 3.05) is 25.2 Å². The third-order valence-electron chi connectivity index (χ3n) is 4.67. The van der Waals surface area contributed by atoms with Gasteiger partial charge in [0, 0.05) is 25.5 Å². The zero-order valence-electron chi connectivity index (χ0n) is 12.2. The van der Waals surface area contributed by atoms with Gasteiger partial charge >= 0.3 is 0 Å². The van der Waals surface area contributed by atoms with Gasteiger partial charge in [-0.05, 0) is 50.7 Å². The fraction of sp³-hybridized carbons (Fsp3) is 1.00. The SMILES string of the molecule is COC(C)CCC(NN)C1CCOC2(CCSC2)C1. The van der Waals surface area contributed by atoms with Crippen molar-refractivity contribution in [1.82, 2.24) is 5.43 Å². The van der Waals surface area contributed by atoms with Gasteiger partial charge in [-0.3, -0.25) is 11.3 Å². The molecule has 4 nitrogen and oxygen atoms in total. The highest BCUT2D eigenvalue weighted by molar-refractivity contribution is 7.99. The van der Waals surface area contributed by atoms with Gasteiger partial charge in [-0.2, -0.15) is 11.8 Å². The first-order chi connectivity index (χ1) is 9.19. The molecule has 4 unspecified atom stereocenters. The number of ether oxygens (including phenoxy) is 2. The first-order valence-electron chi connectivity index (χ1n) is 7.40. The lowest BCUT2D eigenvalue weighted by Crippen LogP contribution is -2.49. The second-order valence-electron chi connectivity index (χ2n) is 5.98. The van der Waals surface area contributed by atoms with E-state index in [0.717, 1.165) is 38.0 Å². The maximum atomic E-state index is 6.08. The van der Waals surface area contributed by atoms with Crippen LogP contribution in [0.5, 0.6) is 0 Å². The van der Waals surface area contributed by atoms with Crippen LogP contribution in [-0.2, 0) is 9.47 Å². The molecule has 1 spiro atoms. The fourth-order valence-corrected chi connectivity index (χ4v) is 4.64. The highest BCUT2D eigenvalue weighted by Gasteiger charge is 2.42. The first kappa shape index (κ1) is 15.6. The standard InChI is InChI=1S/C14H28N2O2S/c1-11(17-2)3-4-13(16-15)12-5-7-18-14(9-12)6-8-19-10-14/h11-13,16H,3-10,15H2,1-2H3. The summed E-state index contributed by atoms with van der Waals surface area (Å²) in [7, 11) is 1.77. The summed E-state index contributed by atoms with van der Waals surface area (Å²) in [6.45, 7) is 3.01. The summed E-state index contributed by atoms with van der Waals surface area (Å²) >= 11 is 2.03. The normalized spacial score (nSPS) is 34.6. The molecule has 2 aliphatic rings. The van der Waals surface area contributed by atoms with Gasteiger partial charge in [-0.15, -0.1) is 0 Å². The van der Waals surface area contributed by atoms with Crippen LogP contribution in [-0.4, -0.2) is 43.0 Å².